The fourth-order valence-corrected chi connectivity index (χ4v) is 1.87. The molecule has 0 saturated heterocycles. The molecule has 0 aromatic carbocycles. The van der Waals surface area contributed by atoms with E-state index in [4.69, 9.17) is 25.2 Å². The van der Waals surface area contributed by atoms with Gasteiger partial charge in [0.2, 0.25) is 0 Å². The molecule has 1 aliphatic carbocycles. The summed E-state index contributed by atoms with van der Waals surface area (Å²) in [7, 11) is 1.65. The van der Waals surface area contributed by atoms with Gasteiger partial charge in [-0.05, 0) is 12.8 Å². The molecule has 0 heterocycles. The second-order valence-electron chi connectivity index (χ2n) is 4.83. The number of oxime groups is 1. The van der Waals surface area contributed by atoms with Crippen molar-refractivity contribution in [2.24, 2.45) is 10.9 Å². The number of ether oxygens (including phenoxy) is 3. The van der Waals surface area contributed by atoms with Crippen LogP contribution in [0.3, 0.4) is 0 Å². The van der Waals surface area contributed by atoms with Gasteiger partial charge < -0.3 is 25.2 Å². The molecule has 0 bridgehead atoms. The Morgan fingerprint density at radius 2 is 1.80 bits per heavy atom. The summed E-state index contributed by atoms with van der Waals surface area (Å²) in [4.78, 5) is 2.34. The van der Waals surface area contributed by atoms with E-state index in [0.29, 0.717) is 45.5 Å². The summed E-state index contributed by atoms with van der Waals surface area (Å²) in [6.45, 7) is 4.78. The summed E-state index contributed by atoms with van der Waals surface area (Å²) in [5.41, 5.74) is 5.49. The van der Waals surface area contributed by atoms with E-state index in [1.54, 1.807) is 7.11 Å². The van der Waals surface area contributed by atoms with Crippen LogP contribution in [-0.2, 0) is 14.2 Å². The SMILES string of the molecule is COCCOCCOCCN(CCC(N)=NO)C1CC1. The number of rotatable bonds is 13. The highest BCUT2D eigenvalue weighted by molar-refractivity contribution is 5.79. The van der Waals surface area contributed by atoms with Gasteiger partial charge >= 0.3 is 0 Å². The van der Waals surface area contributed by atoms with E-state index in [0.717, 1.165) is 13.1 Å². The van der Waals surface area contributed by atoms with Gasteiger partial charge in [-0.2, -0.15) is 0 Å². The average Bonchev–Trinajstić information content (AvgIpc) is 3.29. The van der Waals surface area contributed by atoms with Crippen LogP contribution in [0.1, 0.15) is 19.3 Å². The van der Waals surface area contributed by atoms with Gasteiger partial charge in [0.05, 0.1) is 33.0 Å². The minimum atomic E-state index is 0.281. The second kappa shape index (κ2) is 10.8. The Labute approximate surface area is 120 Å². The summed E-state index contributed by atoms with van der Waals surface area (Å²) in [5.74, 6) is 0.281. The van der Waals surface area contributed by atoms with Crippen LogP contribution in [0.25, 0.3) is 0 Å². The van der Waals surface area contributed by atoms with Crippen molar-refractivity contribution in [1.82, 2.24) is 4.90 Å². The fraction of sp³-hybridized carbons (Fsp3) is 0.923. The van der Waals surface area contributed by atoms with Crippen molar-refractivity contribution >= 4 is 5.84 Å². The molecule has 0 atom stereocenters. The highest BCUT2D eigenvalue weighted by atomic mass is 16.5. The third kappa shape index (κ3) is 8.31. The van der Waals surface area contributed by atoms with Crippen molar-refractivity contribution in [3.63, 3.8) is 0 Å². The maximum Gasteiger partial charge on any atom is 0.140 e. The van der Waals surface area contributed by atoms with Gasteiger partial charge in [0.1, 0.15) is 5.84 Å². The first-order valence-corrected chi connectivity index (χ1v) is 7.12. The Kier molecular flexibility index (Phi) is 9.31. The molecule has 0 amide bonds. The van der Waals surface area contributed by atoms with Gasteiger partial charge in [0.15, 0.2) is 0 Å². The summed E-state index contributed by atoms with van der Waals surface area (Å²) >= 11 is 0. The van der Waals surface area contributed by atoms with E-state index in [9.17, 15) is 0 Å². The molecule has 1 saturated carbocycles. The molecule has 20 heavy (non-hydrogen) atoms. The number of hydrogen-bond donors (Lipinski definition) is 2. The van der Waals surface area contributed by atoms with E-state index in [1.807, 2.05) is 0 Å². The van der Waals surface area contributed by atoms with Crippen LogP contribution >= 0.6 is 0 Å². The Balaban J connectivity index is 1.99. The van der Waals surface area contributed by atoms with Crippen LogP contribution in [0.15, 0.2) is 5.16 Å². The van der Waals surface area contributed by atoms with Gasteiger partial charge in [-0.15, -0.1) is 0 Å². The van der Waals surface area contributed by atoms with Crippen LogP contribution in [0.5, 0.6) is 0 Å². The molecule has 7 nitrogen and oxygen atoms in total. The third-order valence-corrected chi connectivity index (χ3v) is 3.17. The molecule has 1 fully saturated rings. The van der Waals surface area contributed by atoms with Gasteiger partial charge in [-0.3, -0.25) is 4.90 Å². The molecule has 7 heteroatoms. The summed E-state index contributed by atoms with van der Waals surface area (Å²) < 4.78 is 15.7. The number of hydrogen-bond acceptors (Lipinski definition) is 6. The largest absolute Gasteiger partial charge is 0.409 e. The molecule has 0 unspecified atom stereocenters. The molecule has 0 spiro atoms. The maximum absolute atomic E-state index is 8.53. The highest BCUT2D eigenvalue weighted by Gasteiger charge is 2.28. The second-order valence-corrected chi connectivity index (χ2v) is 4.83. The standard InChI is InChI=1S/C13H27N3O4/c1-18-8-9-20-11-10-19-7-6-16(12-2-3-12)5-4-13(14)15-17/h12,17H,2-11H2,1H3,(H2,14,15). The zero-order valence-corrected chi connectivity index (χ0v) is 12.3. The van der Waals surface area contributed by atoms with Crippen LogP contribution in [0, 0.1) is 0 Å². The molecule has 1 rings (SSSR count). The molecule has 118 valence electrons. The van der Waals surface area contributed by atoms with Crippen molar-refractivity contribution in [3.8, 4) is 0 Å². The maximum atomic E-state index is 8.53. The zero-order valence-electron chi connectivity index (χ0n) is 12.3. The van der Waals surface area contributed by atoms with Crippen LogP contribution in [-0.4, -0.2) is 75.2 Å². The first kappa shape index (κ1) is 17.2. The molecular weight excluding hydrogens is 262 g/mol. The van der Waals surface area contributed by atoms with E-state index < -0.39 is 0 Å². The molecule has 0 aliphatic heterocycles. The van der Waals surface area contributed by atoms with Crippen molar-refractivity contribution < 1.29 is 19.4 Å². The monoisotopic (exact) mass is 289 g/mol. The number of amidine groups is 1. The van der Waals surface area contributed by atoms with Gasteiger partial charge in [0.25, 0.3) is 0 Å². The molecule has 0 radical (unpaired) electrons. The summed E-state index contributed by atoms with van der Waals surface area (Å²) in [6.07, 6.45) is 3.06. The quantitative estimate of drug-likeness (QED) is 0.166. The summed E-state index contributed by atoms with van der Waals surface area (Å²) in [6, 6.07) is 0.642. The first-order chi connectivity index (χ1) is 9.77. The fourth-order valence-electron chi connectivity index (χ4n) is 1.87. The van der Waals surface area contributed by atoms with Crippen molar-refractivity contribution in [2.45, 2.75) is 25.3 Å². The van der Waals surface area contributed by atoms with Crippen molar-refractivity contribution in [1.29, 1.82) is 0 Å². The smallest absolute Gasteiger partial charge is 0.140 e. The van der Waals surface area contributed by atoms with E-state index in [2.05, 4.69) is 10.1 Å². The Hall–Kier alpha value is -0.890. The Morgan fingerprint density at radius 3 is 2.40 bits per heavy atom. The predicted octanol–water partition coefficient (Wildman–Crippen LogP) is 0.267. The van der Waals surface area contributed by atoms with Crippen LogP contribution in [0.4, 0.5) is 0 Å². The third-order valence-electron chi connectivity index (χ3n) is 3.17. The van der Waals surface area contributed by atoms with E-state index in [-0.39, 0.29) is 5.84 Å². The molecular formula is C13H27N3O4. The highest BCUT2D eigenvalue weighted by Crippen LogP contribution is 2.26. The Morgan fingerprint density at radius 1 is 1.15 bits per heavy atom. The average molecular weight is 289 g/mol. The number of nitrogens with two attached hydrogens (primary N) is 1. The first-order valence-electron chi connectivity index (χ1n) is 7.12. The van der Waals surface area contributed by atoms with Crippen molar-refractivity contribution in [3.05, 3.63) is 0 Å². The van der Waals surface area contributed by atoms with Gasteiger partial charge in [0, 0.05) is 32.7 Å². The van der Waals surface area contributed by atoms with Gasteiger partial charge in [-0.1, -0.05) is 5.16 Å². The van der Waals surface area contributed by atoms with E-state index >= 15 is 0 Å². The Bertz CT molecular complexity index is 272. The minimum Gasteiger partial charge on any atom is -0.409 e. The zero-order chi connectivity index (χ0) is 14.6. The molecule has 0 aromatic rings. The van der Waals surface area contributed by atoms with Crippen molar-refractivity contribution in [2.75, 3.05) is 53.2 Å². The van der Waals surface area contributed by atoms with Crippen LogP contribution in [0.2, 0.25) is 0 Å². The lowest BCUT2D eigenvalue weighted by Crippen LogP contribution is -2.33. The predicted molar refractivity (Wildman–Crippen MR) is 76.1 cm³/mol. The molecule has 1 aliphatic rings. The topological polar surface area (TPSA) is 89.5 Å². The number of methoxy groups -OCH3 is 1. The summed E-state index contributed by atoms with van der Waals surface area (Å²) in [5, 5.41) is 11.5. The van der Waals surface area contributed by atoms with Crippen LogP contribution < -0.4 is 5.73 Å². The van der Waals surface area contributed by atoms with E-state index in [1.165, 1.54) is 12.8 Å². The molecule has 0 aromatic heterocycles. The number of nitrogens with zero attached hydrogens (tertiary/aromatic N) is 2. The lowest BCUT2D eigenvalue weighted by Gasteiger charge is -2.21. The lowest BCUT2D eigenvalue weighted by atomic mass is 10.3. The van der Waals surface area contributed by atoms with Gasteiger partial charge in [-0.25, -0.2) is 0 Å². The molecule has 3 N–H and O–H groups in total. The minimum absolute atomic E-state index is 0.281. The lowest BCUT2D eigenvalue weighted by molar-refractivity contribution is 0.0191. The normalized spacial score (nSPS) is 16.0.